The SMILES string of the molecule is CC(C)C[C@H](NC(=O)C[C@H](O)[C@H](CC(C)C)NC(=O)[C@H](Cc1cnc[nH]1)NC(=O)CNC(=O)[C@@H](NC(=O)[C@H](C)NC(=O)[C@H](Cc1c[nH]c2ccccc12)NC(=O)[C@H](CCC(N)=O)NC(=O)[C@@H](Cc1ccccc1)NC(=O)CCNC(=O)CN1CCN(CC(=O)O)CCN(CC(=O)O)CCN(CC(=O)O)CC1)C(C)C)C(N)=O. The summed E-state index contributed by atoms with van der Waals surface area (Å²) in [5.74, 6) is -13.8. The van der Waals surface area contributed by atoms with Crippen LogP contribution in [0.15, 0.2) is 73.3 Å². The zero-order valence-electron chi connectivity index (χ0n) is 64.4. The number of nitrogens with one attached hydrogen (secondary N) is 12. The van der Waals surface area contributed by atoms with E-state index in [1.165, 1.54) is 19.4 Å². The van der Waals surface area contributed by atoms with Gasteiger partial charge in [-0.2, -0.15) is 0 Å². The molecule has 112 heavy (non-hydrogen) atoms. The number of amides is 12. The van der Waals surface area contributed by atoms with Gasteiger partial charge in [-0.05, 0) is 61.1 Å². The molecule has 3 heterocycles. The second-order valence-electron chi connectivity index (χ2n) is 29.1. The maximum Gasteiger partial charge on any atom is 0.317 e. The third-order valence-corrected chi connectivity index (χ3v) is 18.4. The number of fused-ring (bicyclic) bond motifs is 1. The maximum atomic E-state index is 14.7. The minimum atomic E-state index is -1.60. The fraction of sp³-hybridized carbons (Fsp3) is 0.568. The molecule has 38 nitrogen and oxygen atoms in total. The van der Waals surface area contributed by atoms with Gasteiger partial charge in [0, 0.05) is 120 Å². The lowest BCUT2D eigenvalue weighted by Crippen LogP contribution is -2.60. The molecule has 0 aliphatic carbocycles. The second-order valence-corrected chi connectivity index (χ2v) is 29.1. The topological polar surface area (TPSA) is 567 Å². The van der Waals surface area contributed by atoms with Crippen LogP contribution in [-0.2, 0) is 91.2 Å². The van der Waals surface area contributed by atoms with E-state index in [1.807, 2.05) is 27.7 Å². The standard InChI is InChI=1S/C74H111N19O19/c1-43(2)29-53(58(94)34-61(97)83-54(68(76)106)30-44(3)4)87-73(111)57(33-49-36-77-42-81-49)85-62(98)37-80-74(112)67(45(5)6)89-69(107)46(7)82-71(109)56(32-48-35-79-51-16-12-11-15-50(48)51)88-70(108)52(17-18-59(75)95)86-72(110)55(31-47-13-9-8-10-14-47)84-60(96)19-20-78-63(99)38-90-21-23-91(39-64(100)101)25-27-93(41-66(104)105)28-26-92(24-22-90)40-65(102)103/h8-16,35-36,42-46,52-58,67,79,94H,17-34,37-41H2,1-7H3,(H2,75,95)(H2,76,106)(H,77,81)(H,78,99)(H,80,112)(H,82,109)(H,83,97)(H,84,96)(H,85,98)(H,86,110)(H,87,111)(H,88,108)(H,89,107)(H,100,101)(H,102,103)(H,104,105)/t46-,52-,53-,54-,55+,56-,57-,58-,67-/m0/s1. The summed E-state index contributed by atoms with van der Waals surface area (Å²) in [5.41, 5.74) is 13.3. The number of benzene rings is 2. The number of aromatic nitrogens is 3. The third-order valence-electron chi connectivity index (χ3n) is 18.4. The summed E-state index contributed by atoms with van der Waals surface area (Å²) < 4.78 is 0. The van der Waals surface area contributed by atoms with Gasteiger partial charge in [0.05, 0.1) is 57.6 Å². The van der Waals surface area contributed by atoms with E-state index in [4.69, 9.17) is 11.5 Å². The predicted octanol–water partition coefficient (Wildman–Crippen LogP) is -3.83. The van der Waals surface area contributed by atoms with Gasteiger partial charge >= 0.3 is 17.9 Å². The molecule has 0 saturated carbocycles. The highest BCUT2D eigenvalue weighted by Crippen LogP contribution is 2.21. The van der Waals surface area contributed by atoms with Crippen molar-refractivity contribution < 1.29 is 92.3 Å². The van der Waals surface area contributed by atoms with E-state index in [9.17, 15) is 92.3 Å². The van der Waals surface area contributed by atoms with Gasteiger partial charge in [0.1, 0.15) is 42.3 Å². The van der Waals surface area contributed by atoms with Crippen LogP contribution in [-0.4, -0.2) is 290 Å². The Kier molecular flexibility index (Phi) is 38.2. The molecule has 38 heteroatoms. The Balaban J connectivity index is 1.27. The van der Waals surface area contributed by atoms with Crippen molar-refractivity contribution in [2.75, 3.05) is 91.6 Å². The molecule has 0 radical (unpaired) electrons. The van der Waals surface area contributed by atoms with Gasteiger partial charge in [0.15, 0.2) is 0 Å². The fourth-order valence-corrected chi connectivity index (χ4v) is 12.5. The molecule has 616 valence electrons. The normalized spacial score (nSPS) is 15.9. The van der Waals surface area contributed by atoms with Gasteiger partial charge in [-0.15, -0.1) is 0 Å². The Bertz CT molecular complexity index is 3790. The Labute approximate surface area is 648 Å². The van der Waals surface area contributed by atoms with Gasteiger partial charge in [-0.25, -0.2) is 4.98 Å². The molecule has 2 aromatic carbocycles. The number of para-hydroxylation sites is 1. The van der Waals surface area contributed by atoms with Crippen molar-refractivity contribution in [3.8, 4) is 0 Å². The molecule has 5 rings (SSSR count). The minimum absolute atomic E-state index is 0.00470. The minimum Gasteiger partial charge on any atom is -0.480 e. The number of aliphatic carboxylic acids is 3. The van der Waals surface area contributed by atoms with Gasteiger partial charge in [-0.1, -0.05) is 90.1 Å². The zero-order valence-corrected chi connectivity index (χ0v) is 64.4. The van der Waals surface area contributed by atoms with E-state index in [0.717, 1.165) is 0 Å². The first-order valence-electron chi connectivity index (χ1n) is 37.3. The first kappa shape index (κ1) is 91.6. The van der Waals surface area contributed by atoms with Crippen LogP contribution in [0.3, 0.4) is 0 Å². The lowest BCUT2D eigenvalue weighted by atomic mass is 9.96. The van der Waals surface area contributed by atoms with Gasteiger partial charge in [0.2, 0.25) is 70.9 Å². The zero-order chi connectivity index (χ0) is 82.7. The molecule has 20 N–H and O–H groups in total. The Morgan fingerprint density at radius 1 is 0.491 bits per heavy atom. The molecule has 0 unspecified atom stereocenters. The molecule has 12 amide bonds. The summed E-state index contributed by atoms with van der Waals surface area (Å²) in [4.78, 5) is 216. The van der Waals surface area contributed by atoms with Crippen molar-refractivity contribution in [1.82, 2.24) is 87.7 Å². The van der Waals surface area contributed by atoms with Crippen LogP contribution >= 0.6 is 0 Å². The van der Waals surface area contributed by atoms with E-state index >= 15 is 0 Å². The highest BCUT2D eigenvalue weighted by molar-refractivity contribution is 5.98. The number of carboxylic acid groups (broad SMARTS) is 3. The molecule has 1 aliphatic heterocycles. The summed E-state index contributed by atoms with van der Waals surface area (Å²) in [5, 5.41) is 67.0. The Morgan fingerprint density at radius 3 is 1.54 bits per heavy atom. The van der Waals surface area contributed by atoms with Crippen molar-refractivity contribution >= 4 is 99.7 Å². The molecule has 1 aliphatic rings. The summed E-state index contributed by atoms with van der Waals surface area (Å²) >= 11 is 0. The smallest absolute Gasteiger partial charge is 0.317 e. The molecule has 4 aromatic rings. The number of carboxylic acids is 3. The van der Waals surface area contributed by atoms with Crippen molar-refractivity contribution in [3.05, 3.63) is 90.1 Å². The number of aromatic amines is 2. The Morgan fingerprint density at radius 2 is 1.00 bits per heavy atom. The highest BCUT2D eigenvalue weighted by Gasteiger charge is 2.36. The van der Waals surface area contributed by atoms with Crippen molar-refractivity contribution in [2.45, 2.75) is 161 Å². The van der Waals surface area contributed by atoms with E-state index in [1.54, 1.807) is 94.2 Å². The highest BCUT2D eigenvalue weighted by atomic mass is 16.4. The molecular formula is C74H111N19O19. The number of rotatable bonds is 45. The summed E-state index contributed by atoms with van der Waals surface area (Å²) in [6, 6.07) is 4.93. The lowest BCUT2D eigenvalue weighted by Gasteiger charge is -2.32. The number of hydrogen-bond acceptors (Lipinski definition) is 21. The lowest BCUT2D eigenvalue weighted by molar-refractivity contribution is -0.140. The number of nitrogens with zero attached hydrogens (tertiary/aromatic N) is 5. The van der Waals surface area contributed by atoms with Crippen LogP contribution < -0.4 is 64.6 Å². The van der Waals surface area contributed by atoms with E-state index in [2.05, 4.69) is 68.1 Å². The van der Waals surface area contributed by atoms with E-state index in [-0.39, 0.29) is 135 Å². The molecule has 1 fully saturated rings. The van der Waals surface area contributed by atoms with E-state index < -0.39 is 175 Å². The number of carbonyl (C=O) groups excluding carboxylic acids is 12. The molecule has 1 saturated heterocycles. The fourth-order valence-electron chi connectivity index (χ4n) is 12.5. The number of H-pyrrole nitrogens is 2. The van der Waals surface area contributed by atoms with E-state index in [0.29, 0.717) is 27.7 Å². The quantitative estimate of drug-likeness (QED) is 0.0202. The summed E-state index contributed by atoms with van der Waals surface area (Å²) in [6.07, 6.45) is 1.18. The predicted molar refractivity (Wildman–Crippen MR) is 407 cm³/mol. The van der Waals surface area contributed by atoms with Crippen LogP contribution in [0.1, 0.15) is 104 Å². The second kappa shape index (κ2) is 46.6. The molecular weight excluding hydrogens is 1460 g/mol. The van der Waals surface area contributed by atoms with Gasteiger partial charge < -0.3 is 95.0 Å². The number of aliphatic hydroxyl groups excluding tert-OH is 1. The van der Waals surface area contributed by atoms with Crippen LogP contribution in [0, 0.1) is 17.8 Å². The number of primary amides is 2. The number of nitrogens with two attached hydrogens (primary N) is 2. The third kappa shape index (κ3) is 33.7. The summed E-state index contributed by atoms with van der Waals surface area (Å²) in [7, 11) is 0. The molecule has 0 bridgehead atoms. The molecule has 2 aromatic heterocycles. The van der Waals surface area contributed by atoms with Crippen LogP contribution in [0.2, 0.25) is 0 Å². The van der Waals surface area contributed by atoms with Crippen LogP contribution in [0.5, 0.6) is 0 Å². The van der Waals surface area contributed by atoms with Crippen molar-refractivity contribution in [3.63, 3.8) is 0 Å². The van der Waals surface area contributed by atoms with Gasteiger partial charge in [0.25, 0.3) is 0 Å². The maximum absolute atomic E-state index is 14.7. The van der Waals surface area contributed by atoms with Gasteiger partial charge in [-0.3, -0.25) is 91.5 Å². The molecule has 9 atom stereocenters. The van der Waals surface area contributed by atoms with Crippen molar-refractivity contribution in [2.24, 2.45) is 29.2 Å². The van der Waals surface area contributed by atoms with Crippen LogP contribution in [0.25, 0.3) is 10.9 Å². The average molecular weight is 1570 g/mol. The number of hydrogen-bond donors (Lipinski definition) is 18. The number of imidazole rings is 1. The Hall–Kier alpha value is -11.0. The number of aliphatic hydroxyl groups is 1. The largest absolute Gasteiger partial charge is 0.480 e. The molecule has 0 spiro atoms. The monoisotopic (exact) mass is 1570 g/mol. The van der Waals surface area contributed by atoms with Crippen LogP contribution in [0.4, 0.5) is 0 Å². The first-order chi connectivity index (χ1) is 53.0. The summed E-state index contributed by atoms with van der Waals surface area (Å²) in [6.45, 7) is 10.8. The first-order valence-corrected chi connectivity index (χ1v) is 37.3. The number of carbonyl (C=O) groups is 15. The average Bonchev–Trinajstić information content (AvgIpc) is 1.61. The van der Waals surface area contributed by atoms with Crippen molar-refractivity contribution in [1.29, 1.82) is 0 Å².